The molecule has 0 aromatic heterocycles. The van der Waals surface area contributed by atoms with Gasteiger partial charge in [-0.25, -0.2) is 0 Å². The minimum absolute atomic E-state index is 0.739. The van der Waals surface area contributed by atoms with Crippen LogP contribution in [0.15, 0.2) is 28.7 Å². The van der Waals surface area contributed by atoms with Gasteiger partial charge >= 0.3 is 0 Å². The topological polar surface area (TPSA) is 15.3 Å². The first-order valence-electron chi connectivity index (χ1n) is 7.28. The van der Waals surface area contributed by atoms with Crippen molar-refractivity contribution in [1.29, 1.82) is 0 Å². The molecule has 1 N–H and O–H groups in total. The second-order valence-corrected chi connectivity index (χ2v) is 6.80. The van der Waals surface area contributed by atoms with Gasteiger partial charge < -0.3 is 10.2 Å². The van der Waals surface area contributed by atoms with Gasteiger partial charge in [-0.3, -0.25) is 0 Å². The Bertz CT molecular complexity index is 386. The lowest BCUT2D eigenvalue weighted by Crippen LogP contribution is -2.40. The van der Waals surface area contributed by atoms with Crippen LogP contribution in [-0.4, -0.2) is 38.1 Å². The molecule has 2 rings (SSSR count). The maximum absolute atomic E-state index is 3.68. The average molecular weight is 325 g/mol. The highest BCUT2D eigenvalue weighted by Crippen LogP contribution is 2.37. The highest BCUT2D eigenvalue weighted by Gasteiger charge is 2.29. The molecule has 106 valence electrons. The minimum Gasteiger partial charge on any atom is -0.314 e. The molecule has 0 atom stereocenters. The highest BCUT2D eigenvalue weighted by atomic mass is 79.9. The molecule has 0 bridgehead atoms. The van der Waals surface area contributed by atoms with Crippen LogP contribution in [0.3, 0.4) is 0 Å². The van der Waals surface area contributed by atoms with Gasteiger partial charge in [-0.15, -0.1) is 0 Å². The second-order valence-electron chi connectivity index (χ2n) is 5.88. The Labute approximate surface area is 125 Å². The Morgan fingerprint density at radius 1 is 1.26 bits per heavy atom. The lowest BCUT2D eigenvalue weighted by Gasteiger charge is -2.36. The van der Waals surface area contributed by atoms with Crippen molar-refractivity contribution in [2.24, 2.45) is 0 Å². The lowest BCUT2D eigenvalue weighted by atomic mass is 9.76. The van der Waals surface area contributed by atoms with E-state index in [0.29, 0.717) is 0 Å². The smallest absolute Gasteiger partial charge is 0.0178 e. The molecule has 0 unspecified atom stereocenters. The number of benzene rings is 1. The Morgan fingerprint density at radius 3 is 2.74 bits per heavy atom. The summed E-state index contributed by atoms with van der Waals surface area (Å²) in [5.74, 6) is 0.761. The van der Waals surface area contributed by atoms with Crippen LogP contribution in [0, 0.1) is 0 Å². The SMILES string of the molecule is CN(C)CCCCNC1CC(c2cccc(Br)c2)C1. The molecule has 1 fully saturated rings. The fourth-order valence-electron chi connectivity index (χ4n) is 2.68. The van der Waals surface area contributed by atoms with Gasteiger partial charge in [0.25, 0.3) is 0 Å². The first-order chi connectivity index (χ1) is 9.15. The monoisotopic (exact) mass is 324 g/mol. The average Bonchev–Trinajstić information content (AvgIpc) is 2.30. The molecule has 1 aliphatic carbocycles. The van der Waals surface area contributed by atoms with Gasteiger partial charge in [0.05, 0.1) is 0 Å². The zero-order valence-electron chi connectivity index (χ0n) is 12.0. The van der Waals surface area contributed by atoms with E-state index in [1.165, 1.54) is 48.8 Å². The molecule has 0 heterocycles. The van der Waals surface area contributed by atoms with E-state index in [0.717, 1.165) is 12.0 Å². The number of nitrogens with zero attached hydrogens (tertiary/aromatic N) is 1. The minimum atomic E-state index is 0.739. The van der Waals surface area contributed by atoms with E-state index in [1.54, 1.807) is 0 Å². The summed E-state index contributed by atoms with van der Waals surface area (Å²) in [5, 5.41) is 3.68. The van der Waals surface area contributed by atoms with Gasteiger partial charge in [-0.2, -0.15) is 0 Å². The summed E-state index contributed by atoms with van der Waals surface area (Å²) in [6, 6.07) is 9.49. The van der Waals surface area contributed by atoms with Crippen molar-refractivity contribution in [2.45, 2.75) is 37.6 Å². The molecule has 0 spiro atoms. The summed E-state index contributed by atoms with van der Waals surface area (Å²) in [4.78, 5) is 2.26. The maximum atomic E-state index is 3.68. The first kappa shape index (κ1) is 15.0. The number of nitrogens with one attached hydrogen (secondary N) is 1. The summed E-state index contributed by atoms with van der Waals surface area (Å²) in [6.07, 6.45) is 5.17. The van der Waals surface area contributed by atoms with Crippen LogP contribution in [0.25, 0.3) is 0 Å². The van der Waals surface area contributed by atoms with E-state index in [2.05, 4.69) is 64.5 Å². The van der Waals surface area contributed by atoms with Crippen molar-refractivity contribution in [2.75, 3.05) is 27.2 Å². The third-order valence-electron chi connectivity index (χ3n) is 3.92. The number of halogens is 1. The highest BCUT2D eigenvalue weighted by molar-refractivity contribution is 9.10. The number of hydrogen-bond donors (Lipinski definition) is 1. The van der Waals surface area contributed by atoms with Crippen LogP contribution in [0.2, 0.25) is 0 Å². The summed E-state index contributed by atoms with van der Waals surface area (Å²) in [5.41, 5.74) is 1.49. The fourth-order valence-corrected chi connectivity index (χ4v) is 3.09. The van der Waals surface area contributed by atoms with Gasteiger partial charge in [0, 0.05) is 10.5 Å². The molecular formula is C16H25BrN2. The Hall–Kier alpha value is -0.380. The molecule has 19 heavy (non-hydrogen) atoms. The van der Waals surface area contributed by atoms with Crippen molar-refractivity contribution >= 4 is 15.9 Å². The van der Waals surface area contributed by atoms with E-state index in [9.17, 15) is 0 Å². The summed E-state index contributed by atoms with van der Waals surface area (Å²) in [7, 11) is 4.28. The summed E-state index contributed by atoms with van der Waals surface area (Å²) >= 11 is 3.55. The molecule has 3 heteroatoms. The molecule has 0 amide bonds. The Morgan fingerprint density at radius 2 is 2.05 bits per heavy atom. The molecule has 1 aromatic carbocycles. The zero-order chi connectivity index (χ0) is 13.7. The quantitative estimate of drug-likeness (QED) is 0.770. The second kappa shape index (κ2) is 7.41. The third-order valence-corrected chi connectivity index (χ3v) is 4.42. The van der Waals surface area contributed by atoms with Gasteiger partial charge in [-0.1, -0.05) is 28.1 Å². The number of hydrogen-bond acceptors (Lipinski definition) is 2. The Balaban J connectivity index is 1.59. The molecular weight excluding hydrogens is 300 g/mol. The van der Waals surface area contributed by atoms with Crippen molar-refractivity contribution in [3.63, 3.8) is 0 Å². The summed E-state index contributed by atoms with van der Waals surface area (Å²) in [6.45, 7) is 2.37. The van der Waals surface area contributed by atoms with Crippen LogP contribution in [0.1, 0.15) is 37.2 Å². The van der Waals surface area contributed by atoms with Crippen molar-refractivity contribution in [3.8, 4) is 0 Å². The van der Waals surface area contributed by atoms with Crippen LogP contribution >= 0.6 is 15.9 Å². The molecule has 0 saturated heterocycles. The van der Waals surface area contributed by atoms with Gasteiger partial charge in [-0.05, 0) is 76.5 Å². The standard InChI is InChI=1S/C16H25BrN2/c1-19(2)9-4-3-8-18-16-11-14(12-16)13-6-5-7-15(17)10-13/h5-7,10,14,16,18H,3-4,8-9,11-12H2,1-2H3. The van der Waals surface area contributed by atoms with E-state index in [4.69, 9.17) is 0 Å². The predicted molar refractivity (Wildman–Crippen MR) is 85.7 cm³/mol. The zero-order valence-corrected chi connectivity index (χ0v) is 13.6. The molecule has 1 saturated carbocycles. The normalized spacial score (nSPS) is 22.5. The van der Waals surface area contributed by atoms with Crippen LogP contribution in [0.4, 0.5) is 0 Å². The number of rotatable bonds is 7. The van der Waals surface area contributed by atoms with E-state index in [-0.39, 0.29) is 0 Å². The maximum Gasteiger partial charge on any atom is 0.0178 e. The molecule has 2 nitrogen and oxygen atoms in total. The van der Waals surface area contributed by atoms with Crippen LogP contribution < -0.4 is 5.32 Å². The van der Waals surface area contributed by atoms with E-state index in [1.807, 2.05) is 0 Å². The predicted octanol–water partition coefficient (Wildman–Crippen LogP) is 3.63. The van der Waals surface area contributed by atoms with Crippen LogP contribution in [0.5, 0.6) is 0 Å². The Kier molecular flexibility index (Phi) is 5.86. The van der Waals surface area contributed by atoms with Gasteiger partial charge in [0.15, 0.2) is 0 Å². The largest absolute Gasteiger partial charge is 0.314 e. The molecule has 0 aliphatic heterocycles. The van der Waals surface area contributed by atoms with Crippen molar-refractivity contribution in [1.82, 2.24) is 10.2 Å². The fraction of sp³-hybridized carbons (Fsp3) is 0.625. The molecule has 1 aliphatic rings. The first-order valence-corrected chi connectivity index (χ1v) is 8.08. The van der Waals surface area contributed by atoms with E-state index < -0.39 is 0 Å². The van der Waals surface area contributed by atoms with Crippen LogP contribution in [-0.2, 0) is 0 Å². The van der Waals surface area contributed by atoms with Crippen molar-refractivity contribution < 1.29 is 0 Å². The summed E-state index contributed by atoms with van der Waals surface area (Å²) < 4.78 is 1.20. The third kappa shape index (κ3) is 4.90. The lowest BCUT2D eigenvalue weighted by molar-refractivity contribution is 0.287. The molecule has 1 aromatic rings. The molecule has 0 radical (unpaired) electrons. The van der Waals surface area contributed by atoms with Gasteiger partial charge in [0.1, 0.15) is 0 Å². The van der Waals surface area contributed by atoms with Crippen molar-refractivity contribution in [3.05, 3.63) is 34.3 Å². The van der Waals surface area contributed by atoms with Gasteiger partial charge in [0.2, 0.25) is 0 Å². The van der Waals surface area contributed by atoms with E-state index >= 15 is 0 Å². The number of unbranched alkanes of at least 4 members (excludes halogenated alkanes) is 1.